The van der Waals surface area contributed by atoms with Crippen molar-refractivity contribution in [3.05, 3.63) is 0 Å². The molecular formula is C14H29NO. The van der Waals surface area contributed by atoms with Gasteiger partial charge in [0.25, 0.3) is 0 Å². The first-order valence-electron chi connectivity index (χ1n) is 7.03. The Morgan fingerprint density at radius 3 is 2.38 bits per heavy atom. The highest BCUT2D eigenvalue weighted by atomic mass is 16.5. The minimum Gasteiger partial charge on any atom is -0.381 e. The van der Waals surface area contributed by atoms with Crippen molar-refractivity contribution in [3.8, 4) is 0 Å². The van der Waals surface area contributed by atoms with Crippen LogP contribution in [0.5, 0.6) is 0 Å². The first-order chi connectivity index (χ1) is 7.72. The first kappa shape index (κ1) is 14.0. The van der Waals surface area contributed by atoms with Crippen molar-refractivity contribution in [2.75, 3.05) is 19.8 Å². The number of hydrogen-bond acceptors (Lipinski definition) is 2. The summed E-state index contributed by atoms with van der Waals surface area (Å²) in [6.07, 6.45) is 6.42. The van der Waals surface area contributed by atoms with Crippen molar-refractivity contribution < 1.29 is 4.74 Å². The minimum absolute atomic E-state index is 0.755. The zero-order chi connectivity index (χ0) is 11.8. The van der Waals surface area contributed by atoms with E-state index in [1.165, 1.54) is 19.3 Å². The van der Waals surface area contributed by atoms with Crippen LogP contribution in [0.4, 0.5) is 0 Å². The van der Waals surface area contributed by atoms with E-state index < -0.39 is 0 Å². The molecule has 0 saturated heterocycles. The molecule has 0 aromatic carbocycles. The SMILES string of the molecule is CCCOCCCNC1CC(C)CC(C)C1. The number of nitrogens with one attached hydrogen (secondary N) is 1. The Bertz CT molecular complexity index is 162. The molecule has 0 aromatic heterocycles. The molecule has 1 fully saturated rings. The lowest BCUT2D eigenvalue weighted by molar-refractivity contribution is 0.130. The van der Waals surface area contributed by atoms with E-state index >= 15 is 0 Å². The van der Waals surface area contributed by atoms with E-state index in [0.717, 1.165) is 50.5 Å². The second-order valence-electron chi connectivity index (χ2n) is 5.53. The minimum atomic E-state index is 0.755. The van der Waals surface area contributed by atoms with Gasteiger partial charge in [0.05, 0.1) is 0 Å². The summed E-state index contributed by atoms with van der Waals surface area (Å²) in [5, 5.41) is 3.68. The molecule has 1 rings (SSSR count). The molecule has 1 aliphatic carbocycles. The highest BCUT2D eigenvalue weighted by molar-refractivity contribution is 4.79. The molecule has 2 atom stereocenters. The molecule has 2 nitrogen and oxygen atoms in total. The molecule has 0 aromatic rings. The molecule has 0 aliphatic heterocycles. The van der Waals surface area contributed by atoms with Crippen LogP contribution >= 0.6 is 0 Å². The van der Waals surface area contributed by atoms with Crippen LogP contribution in [-0.4, -0.2) is 25.8 Å². The lowest BCUT2D eigenvalue weighted by Gasteiger charge is -2.32. The molecule has 1 aliphatic rings. The molecule has 0 spiro atoms. The van der Waals surface area contributed by atoms with Crippen LogP contribution < -0.4 is 5.32 Å². The molecule has 0 amide bonds. The summed E-state index contributed by atoms with van der Waals surface area (Å²) in [7, 11) is 0. The van der Waals surface area contributed by atoms with Gasteiger partial charge in [0.2, 0.25) is 0 Å². The standard InChI is InChI=1S/C14H29NO/c1-4-7-16-8-5-6-15-14-10-12(2)9-13(3)11-14/h12-15H,4-11H2,1-3H3. The molecule has 16 heavy (non-hydrogen) atoms. The Kier molecular flexibility index (Phi) is 7.06. The van der Waals surface area contributed by atoms with Crippen LogP contribution in [0.25, 0.3) is 0 Å². The zero-order valence-corrected chi connectivity index (χ0v) is 11.3. The van der Waals surface area contributed by atoms with E-state index in [9.17, 15) is 0 Å². The van der Waals surface area contributed by atoms with Gasteiger partial charge in [0.1, 0.15) is 0 Å². The smallest absolute Gasteiger partial charge is 0.0478 e. The Hall–Kier alpha value is -0.0800. The maximum Gasteiger partial charge on any atom is 0.0478 e. The van der Waals surface area contributed by atoms with Gasteiger partial charge < -0.3 is 10.1 Å². The van der Waals surface area contributed by atoms with Crippen LogP contribution in [0, 0.1) is 11.8 Å². The third kappa shape index (κ3) is 5.86. The van der Waals surface area contributed by atoms with Crippen molar-refractivity contribution in [2.24, 2.45) is 11.8 Å². The van der Waals surface area contributed by atoms with Crippen LogP contribution in [-0.2, 0) is 4.74 Å². The Balaban J connectivity index is 1.99. The Morgan fingerprint density at radius 1 is 1.06 bits per heavy atom. The van der Waals surface area contributed by atoms with E-state index in [-0.39, 0.29) is 0 Å². The van der Waals surface area contributed by atoms with Gasteiger partial charge in [0.15, 0.2) is 0 Å². The van der Waals surface area contributed by atoms with Gasteiger partial charge in [-0.3, -0.25) is 0 Å². The van der Waals surface area contributed by atoms with E-state index in [2.05, 4.69) is 26.1 Å². The summed E-state index contributed by atoms with van der Waals surface area (Å²) in [6.45, 7) is 9.87. The highest BCUT2D eigenvalue weighted by Gasteiger charge is 2.22. The summed E-state index contributed by atoms with van der Waals surface area (Å²) >= 11 is 0. The van der Waals surface area contributed by atoms with Crippen molar-refractivity contribution in [2.45, 2.75) is 58.9 Å². The average molecular weight is 227 g/mol. The van der Waals surface area contributed by atoms with Gasteiger partial charge in [-0.05, 0) is 50.5 Å². The second-order valence-corrected chi connectivity index (χ2v) is 5.53. The van der Waals surface area contributed by atoms with E-state index in [4.69, 9.17) is 4.74 Å². The molecule has 0 heterocycles. The molecule has 1 saturated carbocycles. The third-order valence-corrected chi connectivity index (χ3v) is 3.43. The fourth-order valence-electron chi connectivity index (χ4n) is 2.84. The first-order valence-corrected chi connectivity index (χ1v) is 7.03. The molecule has 2 unspecified atom stereocenters. The third-order valence-electron chi connectivity index (χ3n) is 3.43. The molecule has 0 bridgehead atoms. The van der Waals surface area contributed by atoms with E-state index in [0.29, 0.717) is 0 Å². The molecule has 96 valence electrons. The molecular weight excluding hydrogens is 198 g/mol. The van der Waals surface area contributed by atoms with Crippen molar-refractivity contribution in [1.29, 1.82) is 0 Å². The second kappa shape index (κ2) is 8.08. The fraction of sp³-hybridized carbons (Fsp3) is 1.00. The van der Waals surface area contributed by atoms with Gasteiger partial charge in [-0.2, -0.15) is 0 Å². The summed E-state index contributed by atoms with van der Waals surface area (Å²) < 4.78 is 5.47. The summed E-state index contributed by atoms with van der Waals surface area (Å²) in [5.74, 6) is 1.80. The lowest BCUT2D eigenvalue weighted by atomic mass is 9.80. The maximum absolute atomic E-state index is 5.47. The van der Waals surface area contributed by atoms with Crippen molar-refractivity contribution in [3.63, 3.8) is 0 Å². The fourth-order valence-corrected chi connectivity index (χ4v) is 2.84. The van der Waals surface area contributed by atoms with Crippen LogP contribution in [0.15, 0.2) is 0 Å². The summed E-state index contributed by atoms with van der Waals surface area (Å²) in [4.78, 5) is 0. The van der Waals surface area contributed by atoms with Gasteiger partial charge in [-0.25, -0.2) is 0 Å². The highest BCUT2D eigenvalue weighted by Crippen LogP contribution is 2.28. The quantitative estimate of drug-likeness (QED) is 0.674. The van der Waals surface area contributed by atoms with Crippen molar-refractivity contribution in [1.82, 2.24) is 5.32 Å². The summed E-state index contributed by atoms with van der Waals surface area (Å²) in [6, 6.07) is 0.755. The number of hydrogen-bond donors (Lipinski definition) is 1. The monoisotopic (exact) mass is 227 g/mol. The zero-order valence-electron chi connectivity index (χ0n) is 11.3. The van der Waals surface area contributed by atoms with Gasteiger partial charge in [-0.15, -0.1) is 0 Å². The Morgan fingerprint density at radius 2 is 1.75 bits per heavy atom. The number of rotatable bonds is 7. The van der Waals surface area contributed by atoms with E-state index in [1.807, 2.05) is 0 Å². The molecule has 2 heteroatoms. The molecule has 1 N–H and O–H groups in total. The van der Waals surface area contributed by atoms with Crippen LogP contribution in [0.1, 0.15) is 52.9 Å². The van der Waals surface area contributed by atoms with Crippen LogP contribution in [0.3, 0.4) is 0 Å². The lowest BCUT2D eigenvalue weighted by Crippen LogP contribution is -2.37. The van der Waals surface area contributed by atoms with Gasteiger partial charge in [0, 0.05) is 19.3 Å². The normalized spacial score (nSPS) is 30.6. The topological polar surface area (TPSA) is 21.3 Å². The van der Waals surface area contributed by atoms with Crippen LogP contribution in [0.2, 0.25) is 0 Å². The number of ether oxygens (including phenoxy) is 1. The maximum atomic E-state index is 5.47. The van der Waals surface area contributed by atoms with Gasteiger partial charge >= 0.3 is 0 Å². The van der Waals surface area contributed by atoms with Crippen molar-refractivity contribution >= 4 is 0 Å². The predicted molar refractivity (Wildman–Crippen MR) is 69.7 cm³/mol. The van der Waals surface area contributed by atoms with E-state index in [1.54, 1.807) is 0 Å². The predicted octanol–water partition coefficient (Wildman–Crippen LogP) is 3.22. The Labute approximate surface area is 101 Å². The average Bonchev–Trinajstić information content (AvgIpc) is 2.22. The molecule has 0 radical (unpaired) electrons. The largest absolute Gasteiger partial charge is 0.381 e. The summed E-state index contributed by atoms with van der Waals surface area (Å²) in [5.41, 5.74) is 0. The van der Waals surface area contributed by atoms with Gasteiger partial charge in [-0.1, -0.05) is 20.8 Å².